The van der Waals surface area contributed by atoms with Gasteiger partial charge < -0.3 is 5.73 Å². The standard InChI is InChI=1S/C9H15N3/c1-2-3-4-8(10)9-7-11-5-6-12-9/h5-8H,2-4,10H2,1H3/t8-/m1/s1. The predicted molar refractivity (Wildman–Crippen MR) is 48.5 cm³/mol. The van der Waals surface area contributed by atoms with Crippen molar-refractivity contribution < 1.29 is 0 Å². The molecule has 0 spiro atoms. The van der Waals surface area contributed by atoms with Gasteiger partial charge in [-0.15, -0.1) is 0 Å². The number of unbranched alkanes of at least 4 members (excludes halogenated alkanes) is 1. The van der Waals surface area contributed by atoms with Gasteiger partial charge in [-0.2, -0.15) is 0 Å². The molecule has 0 radical (unpaired) electrons. The van der Waals surface area contributed by atoms with Crippen molar-refractivity contribution in [2.75, 3.05) is 0 Å². The number of nitrogens with zero attached hydrogens (tertiary/aromatic N) is 2. The summed E-state index contributed by atoms with van der Waals surface area (Å²) in [4.78, 5) is 8.12. The number of aromatic nitrogens is 2. The average molecular weight is 165 g/mol. The molecule has 12 heavy (non-hydrogen) atoms. The molecule has 0 aromatic carbocycles. The normalized spacial score (nSPS) is 12.8. The highest BCUT2D eigenvalue weighted by Crippen LogP contribution is 2.12. The van der Waals surface area contributed by atoms with E-state index in [9.17, 15) is 0 Å². The molecule has 1 atom stereocenters. The van der Waals surface area contributed by atoms with Gasteiger partial charge in [0, 0.05) is 24.6 Å². The molecule has 0 aliphatic rings. The summed E-state index contributed by atoms with van der Waals surface area (Å²) in [7, 11) is 0. The monoisotopic (exact) mass is 165 g/mol. The summed E-state index contributed by atoms with van der Waals surface area (Å²) in [5.41, 5.74) is 6.77. The highest BCUT2D eigenvalue weighted by molar-refractivity contribution is 5.00. The minimum atomic E-state index is 0.0543. The van der Waals surface area contributed by atoms with E-state index in [0.717, 1.165) is 18.5 Å². The molecule has 0 aliphatic heterocycles. The van der Waals surface area contributed by atoms with E-state index in [-0.39, 0.29) is 6.04 Å². The highest BCUT2D eigenvalue weighted by Gasteiger charge is 2.05. The van der Waals surface area contributed by atoms with Crippen LogP contribution in [0.4, 0.5) is 0 Å². The van der Waals surface area contributed by atoms with Gasteiger partial charge in [-0.25, -0.2) is 0 Å². The molecule has 0 saturated carbocycles. The van der Waals surface area contributed by atoms with Crippen molar-refractivity contribution in [1.29, 1.82) is 0 Å². The summed E-state index contributed by atoms with van der Waals surface area (Å²) in [6.45, 7) is 2.16. The van der Waals surface area contributed by atoms with Crippen LogP contribution in [0.25, 0.3) is 0 Å². The molecule has 1 aromatic rings. The summed E-state index contributed by atoms with van der Waals surface area (Å²) < 4.78 is 0. The molecular formula is C9H15N3. The molecule has 1 heterocycles. The third-order valence-electron chi connectivity index (χ3n) is 1.83. The van der Waals surface area contributed by atoms with Crippen molar-refractivity contribution in [2.45, 2.75) is 32.2 Å². The quantitative estimate of drug-likeness (QED) is 0.738. The van der Waals surface area contributed by atoms with Gasteiger partial charge in [0.2, 0.25) is 0 Å². The molecule has 0 amide bonds. The van der Waals surface area contributed by atoms with E-state index in [4.69, 9.17) is 5.73 Å². The number of nitrogens with two attached hydrogens (primary N) is 1. The van der Waals surface area contributed by atoms with Crippen LogP contribution in [0.2, 0.25) is 0 Å². The van der Waals surface area contributed by atoms with Crippen molar-refractivity contribution in [3.63, 3.8) is 0 Å². The highest BCUT2D eigenvalue weighted by atomic mass is 14.8. The number of hydrogen-bond acceptors (Lipinski definition) is 3. The molecule has 0 fully saturated rings. The van der Waals surface area contributed by atoms with Crippen LogP contribution >= 0.6 is 0 Å². The zero-order valence-electron chi connectivity index (χ0n) is 7.40. The predicted octanol–water partition coefficient (Wildman–Crippen LogP) is 1.67. The molecule has 1 aromatic heterocycles. The minimum Gasteiger partial charge on any atom is -0.323 e. The van der Waals surface area contributed by atoms with Gasteiger partial charge in [0.15, 0.2) is 0 Å². The first-order valence-corrected chi connectivity index (χ1v) is 4.36. The van der Waals surface area contributed by atoms with Crippen LogP contribution in [0, 0.1) is 0 Å². The van der Waals surface area contributed by atoms with Gasteiger partial charge in [-0.3, -0.25) is 9.97 Å². The van der Waals surface area contributed by atoms with Gasteiger partial charge in [0.1, 0.15) is 0 Å². The van der Waals surface area contributed by atoms with Crippen LogP contribution in [0.1, 0.15) is 37.9 Å². The first-order valence-electron chi connectivity index (χ1n) is 4.36. The van der Waals surface area contributed by atoms with E-state index in [1.807, 2.05) is 0 Å². The third-order valence-corrected chi connectivity index (χ3v) is 1.83. The lowest BCUT2D eigenvalue weighted by atomic mass is 10.1. The second-order valence-electron chi connectivity index (χ2n) is 2.88. The minimum absolute atomic E-state index is 0.0543. The van der Waals surface area contributed by atoms with Gasteiger partial charge in [-0.05, 0) is 6.42 Å². The Bertz CT molecular complexity index is 210. The van der Waals surface area contributed by atoms with Crippen LogP contribution in [0.15, 0.2) is 18.6 Å². The maximum atomic E-state index is 5.88. The first-order chi connectivity index (χ1) is 5.84. The van der Waals surface area contributed by atoms with E-state index in [0.29, 0.717) is 0 Å². The lowest BCUT2D eigenvalue weighted by Crippen LogP contribution is -2.11. The molecule has 3 nitrogen and oxygen atoms in total. The number of hydrogen-bond donors (Lipinski definition) is 1. The molecular weight excluding hydrogens is 150 g/mol. The summed E-state index contributed by atoms with van der Waals surface area (Å²) in [6, 6.07) is 0.0543. The van der Waals surface area contributed by atoms with Gasteiger partial charge in [0.05, 0.1) is 5.69 Å². The van der Waals surface area contributed by atoms with Gasteiger partial charge >= 0.3 is 0 Å². The Balaban J connectivity index is 2.48. The molecule has 0 aliphatic carbocycles. The zero-order chi connectivity index (χ0) is 8.81. The van der Waals surface area contributed by atoms with E-state index < -0.39 is 0 Å². The SMILES string of the molecule is CCCC[C@@H](N)c1cnccn1. The summed E-state index contributed by atoms with van der Waals surface area (Å²) in [5.74, 6) is 0. The smallest absolute Gasteiger partial charge is 0.0753 e. The fourth-order valence-corrected chi connectivity index (χ4v) is 1.07. The molecule has 0 saturated heterocycles. The maximum Gasteiger partial charge on any atom is 0.0753 e. The average Bonchev–Trinajstić information content (AvgIpc) is 2.15. The van der Waals surface area contributed by atoms with E-state index >= 15 is 0 Å². The largest absolute Gasteiger partial charge is 0.323 e. The Morgan fingerprint density at radius 1 is 1.50 bits per heavy atom. The van der Waals surface area contributed by atoms with E-state index in [1.165, 1.54) is 6.42 Å². The fourth-order valence-electron chi connectivity index (χ4n) is 1.07. The van der Waals surface area contributed by atoms with Crippen LogP contribution < -0.4 is 5.73 Å². The number of rotatable bonds is 4. The maximum absolute atomic E-state index is 5.88. The lowest BCUT2D eigenvalue weighted by molar-refractivity contribution is 0.588. The third kappa shape index (κ3) is 2.58. The van der Waals surface area contributed by atoms with Crippen molar-refractivity contribution in [1.82, 2.24) is 9.97 Å². The Morgan fingerprint density at radius 2 is 2.33 bits per heavy atom. The lowest BCUT2D eigenvalue weighted by Gasteiger charge is -2.08. The molecule has 0 bridgehead atoms. The second kappa shape index (κ2) is 4.83. The van der Waals surface area contributed by atoms with Crippen LogP contribution in [0.5, 0.6) is 0 Å². The Labute approximate surface area is 73.0 Å². The van der Waals surface area contributed by atoms with E-state index in [1.54, 1.807) is 18.6 Å². The van der Waals surface area contributed by atoms with Crippen LogP contribution in [-0.2, 0) is 0 Å². The molecule has 3 heteroatoms. The van der Waals surface area contributed by atoms with Crippen molar-refractivity contribution in [2.24, 2.45) is 5.73 Å². The topological polar surface area (TPSA) is 51.8 Å². The molecule has 66 valence electrons. The Kier molecular flexibility index (Phi) is 3.67. The first kappa shape index (κ1) is 9.13. The fraction of sp³-hybridized carbons (Fsp3) is 0.556. The molecule has 0 unspecified atom stereocenters. The van der Waals surface area contributed by atoms with Gasteiger partial charge in [0.25, 0.3) is 0 Å². The van der Waals surface area contributed by atoms with Crippen LogP contribution in [0.3, 0.4) is 0 Å². The Hall–Kier alpha value is -0.960. The summed E-state index contributed by atoms with van der Waals surface area (Å²) >= 11 is 0. The van der Waals surface area contributed by atoms with Crippen molar-refractivity contribution >= 4 is 0 Å². The zero-order valence-corrected chi connectivity index (χ0v) is 7.40. The second-order valence-corrected chi connectivity index (χ2v) is 2.88. The Morgan fingerprint density at radius 3 is 2.92 bits per heavy atom. The summed E-state index contributed by atoms with van der Waals surface area (Å²) in [5, 5.41) is 0. The van der Waals surface area contributed by atoms with Crippen molar-refractivity contribution in [3.8, 4) is 0 Å². The molecule has 2 N–H and O–H groups in total. The summed E-state index contributed by atoms with van der Waals surface area (Å²) in [6.07, 6.45) is 8.40. The van der Waals surface area contributed by atoms with Crippen LogP contribution in [-0.4, -0.2) is 9.97 Å². The van der Waals surface area contributed by atoms with E-state index in [2.05, 4.69) is 16.9 Å². The van der Waals surface area contributed by atoms with Gasteiger partial charge in [-0.1, -0.05) is 19.8 Å². The van der Waals surface area contributed by atoms with Crippen molar-refractivity contribution in [3.05, 3.63) is 24.3 Å². The molecule has 1 rings (SSSR count).